The Kier molecular flexibility index (Phi) is 3.90. The molecular formula is C17H21N3O2. The first-order valence-electron chi connectivity index (χ1n) is 7.38. The van der Waals surface area contributed by atoms with Crippen molar-refractivity contribution in [3.05, 3.63) is 47.3 Å². The fourth-order valence-corrected chi connectivity index (χ4v) is 2.71. The molecule has 0 fully saturated rings. The second kappa shape index (κ2) is 5.85. The highest BCUT2D eigenvalue weighted by atomic mass is 16.5. The Hall–Kier alpha value is -2.27. The lowest BCUT2D eigenvalue weighted by molar-refractivity contribution is 0.365. The summed E-state index contributed by atoms with van der Waals surface area (Å²) in [6, 6.07) is 10.2. The van der Waals surface area contributed by atoms with E-state index < -0.39 is 0 Å². The lowest BCUT2D eigenvalue weighted by Gasteiger charge is -2.12. The van der Waals surface area contributed by atoms with Gasteiger partial charge in [-0.1, -0.05) is 18.2 Å². The normalized spacial score (nSPS) is 12.7. The van der Waals surface area contributed by atoms with Crippen LogP contribution in [-0.4, -0.2) is 16.9 Å². The summed E-state index contributed by atoms with van der Waals surface area (Å²) in [4.78, 5) is 0. The topological polar surface area (TPSA) is 52.2 Å². The second-order valence-corrected chi connectivity index (χ2v) is 5.49. The highest BCUT2D eigenvalue weighted by molar-refractivity contribution is 5.77. The van der Waals surface area contributed by atoms with Crippen LogP contribution in [0.25, 0.3) is 11.0 Å². The smallest absolute Gasteiger partial charge is 0.216 e. The monoisotopic (exact) mass is 299 g/mol. The van der Waals surface area contributed by atoms with Crippen LogP contribution >= 0.6 is 0 Å². The van der Waals surface area contributed by atoms with Crippen LogP contribution in [0.1, 0.15) is 30.0 Å². The van der Waals surface area contributed by atoms with Crippen molar-refractivity contribution in [3.63, 3.8) is 0 Å². The van der Waals surface area contributed by atoms with Gasteiger partial charge >= 0.3 is 0 Å². The molecule has 1 aromatic carbocycles. The molecule has 2 heterocycles. The van der Waals surface area contributed by atoms with E-state index in [1.165, 1.54) is 0 Å². The Morgan fingerprint density at radius 3 is 2.86 bits per heavy atom. The van der Waals surface area contributed by atoms with Gasteiger partial charge in [0, 0.05) is 19.0 Å². The molecule has 5 nitrogen and oxygen atoms in total. The predicted molar refractivity (Wildman–Crippen MR) is 86.0 cm³/mol. The maximum absolute atomic E-state index is 5.90. The van der Waals surface area contributed by atoms with Crippen LogP contribution in [0.4, 0.5) is 0 Å². The van der Waals surface area contributed by atoms with E-state index >= 15 is 0 Å². The number of nitrogens with one attached hydrogen (secondary N) is 1. The first-order valence-corrected chi connectivity index (χ1v) is 7.38. The molecule has 22 heavy (non-hydrogen) atoms. The molecule has 1 atom stereocenters. The number of hydrogen-bond donors (Lipinski definition) is 1. The molecule has 0 saturated carbocycles. The third-order valence-electron chi connectivity index (χ3n) is 3.94. The Morgan fingerprint density at radius 2 is 2.14 bits per heavy atom. The van der Waals surface area contributed by atoms with Gasteiger partial charge in [-0.2, -0.15) is 5.10 Å². The minimum Gasteiger partial charge on any atom is -0.481 e. The standard InChI is InChI=1S/C17H21N3O2/c1-11-14(17(21-4)20(3)19-11)10-18-12(2)16-9-13-7-5-6-8-15(13)22-16/h5-9,12,18H,10H2,1-4H3/t12-/m0/s1. The summed E-state index contributed by atoms with van der Waals surface area (Å²) in [6.07, 6.45) is 0. The number of benzene rings is 1. The van der Waals surface area contributed by atoms with E-state index in [9.17, 15) is 0 Å². The van der Waals surface area contributed by atoms with Gasteiger partial charge in [0.15, 0.2) is 0 Å². The van der Waals surface area contributed by atoms with Crippen LogP contribution in [0.15, 0.2) is 34.7 Å². The summed E-state index contributed by atoms with van der Waals surface area (Å²) in [5, 5.41) is 9.00. The molecule has 0 aliphatic carbocycles. The molecule has 116 valence electrons. The molecular weight excluding hydrogens is 278 g/mol. The van der Waals surface area contributed by atoms with Crippen molar-refractivity contribution >= 4 is 11.0 Å². The van der Waals surface area contributed by atoms with E-state index in [4.69, 9.17) is 9.15 Å². The number of ether oxygens (including phenoxy) is 1. The van der Waals surface area contributed by atoms with Gasteiger partial charge in [-0.25, -0.2) is 4.68 Å². The largest absolute Gasteiger partial charge is 0.481 e. The number of hydrogen-bond acceptors (Lipinski definition) is 4. The van der Waals surface area contributed by atoms with E-state index in [-0.39, 0.29) is 6.04 Å². The average Bonchev–Trinajstić information content (AvgIpc) is 3.05. The summed E-state index contributed by atoms with van der Waals surface area (Å²) in [6.45, 7) is 4.77. The molecule has 3 aromatic rings. The molecule has 3 rings (SSSR count). The lowest BCUT2D eigenvalue weighted by atomic mass is 10.2. The molecule has 0 unspecified atom stereocenters. The van der Waals surface area contributed by atoms with Crippen molar-refractivity contribution in [1.82, 2.24) is 15.1 Å². The SMILES string of the molecule is COc1c(CN[C@@H](C)c2cc3ccccc3o2)c(C)nn1C. The highest BCUT2D eigenvalue weighted by Crippen LogP contribution is 2.25. The van der Waals surface area contributed by atoms with Crippen LogP contribution < -0.4 is 10.1 Å². The molecule has 0 aliphatic rings. The highest BCUT2D eigenvalue weighted by Gasteiger charge is 2.16. The number of rotatable bonds is 5. The van der Waals surface area contributed by atoms with Gasteiger partial charge in [-0.15, -0.1) is 0 Å². The van der Waals surface area contributed by atoms with Gasteiger partial charge in [-0.05, 0) is 26.0 Å². The van der Waals surface area contributed by atoms with Gasteiger partial charge in [0.05, 0.1) is 24.4 Å². The van der Waals surface area contributed by atoms with E-state index in [1.807, 2.05) is 32.2 Å². The van der Waals surface area contributed by atoms with Crippen molar-refractivity contribution in [2.24, 2.45) is 7.05 Å². The van der Waals surface area contributed by atoms with Crippen molar-refractivity contribution in [2.45, 2.75) is 26.4 Å². The van der Waals surface area contributed by atoms with Crippen molar-refractivity contribution in [3.8, 4) is 5.88 Å². The molecule has 1 N–H and O–H groups in total. The Bertz CT molecular complexity index is 755. The van der Waals surface area contributed by atoms with Gasteiger partial charge < -0.3 is 14.5 Å². The van der Waals surface area contributed by atoms with Crippen LogP contribution in [0.3, 0.4) is 0 Å². The van der Waals surface area contributed by atoms with Crippen LogP contribution in [0.5, 0.6) is 5.88 Å². The van der Waals surface area contributed by atoms with Crippen LogP contribution in [0, 0.1) is 6.92 Å². The third kappa shape index (κ3) is 2.60. The van der Waals surface area contributed by atoms with Crippen molar-refractivity contribution < 1.29 is 9.15 Å². The number of para-hydroxylation sites is 1. The zero-order valence-electron chi connectivity index (χ0n) is 13.4. The summed E-state index contributed by atoms with van der Waals surface area (Å²) in [5.41, 5.74) is 2.97. The van der Waals surface area contributed by atoms with Gasteiger partial charge in [0.2, 0.25) is 5.88 Å². The van der Waals surface area contributed by atoms with Crippen molar-refractivity contribution in [2.75, 3.05) is 7.11 Å². The number of aromatic nitrogens is 2. The number of aryl methyl sites for hydroxylation is 2. The summed E-state index contributed by atoms with van der Waals surface area (Å²) < 4.78 is 13.1. The molecule has 0 radical (unpaired) electrons. The average molecular weight is 299 g/mol. The summed E-state index contributed by atoms with van der Waals surface area (Å²) in [7, 11) is 3.56. The Labute approximate surface area is 129 Å². The molecule has 0 aliphatic heterocycles. The molecule has 0 amide bonds. The maximum Gasteiger partial charge on any atom is 0.216 e. The predicted octanol–water partition coefficient (Wildman–Crippen LogP) is 3.33. The van der Waals surface area contributed by atoms with E-state index in [1.54, 1.807) is 11.8 Å². The first-order chi connectivity index (χ1) is 10.6. The minimum atomic E-state index is 0.108. The van der Waals surface area contributed by atoms with Crippen LogP contribution in [-0.2, 0) is 13.6 Å². The Morgan fingerprint density at radius 1 is 1.36 bits per heavy atom. The number of fused-ring (bicyclic) bond motifs is 1. The maximum atomic E-state index is 5.90. The molecule has 0 saturated heterocycles. The molecule has 0 spiro atoms. The van der Waals surface area contributed by atoms with E-state index in [0.717, 1.165) is 33.9 Å². The van der Waals surface area contributed by atoms with E-state index in [2.05, 4.69) is 29.5 Å². The van der Waals surface area contributed by atoms with Gasteiger partial charge in [0.25, 0.3) is 0 Å². The minimum absolute atomic E-state index is 0.108. The van der Waals surface area contributed by atoms with Crippen molar-refractivity contribution in [1.29, 1.82) is 0 Å². The number of methoxy groups -OCH3 is 1. The second-order valence-electron chi connectivity index (χ2n) is 5.49. The fourth-order valence-electron chi connectivity index (χ4n) is 2.71. The first kappa shape index (κ1) is 14.7. The van der Waals surface area contributed by atoms with Gasteiger partial charge in [-0.3, -0.25) is 0 Å². The third-order valence-corrected chi connectivity index (χ3v) is 3.94. The molecule has 5 heteroatoms. The van der Waals surface area contributed by atoms with Crippen LogP contribution in [0.2, 0.25) is 0 Å². The molecule has 2 aromatic heterocycles. The quantitative estimate of drug-likeness (QED) is 0.785. The lowest BCUT2D eigenvalue weighted by Crippen LogP contribution is -2.18. The fraction of sp³-hybridized carbons (Fsp3) is 0.353. The Balaban J connectivity index is 1.76. The zero-order valence-corrected chi connectivity index (χ0v) is 13.4. The summed E-state index contributed by atoms with van der Waals surface area (Å²) in [5.74, 6) is 1.73. The zero-order chi connectivity index (χ0) is 15.7. The van der Waals surface area contributed by atoms with Gasteiger partial charge in [0.1, 0.15) is 11.3 Å². The number of nitrogens with zero attached hydrogens (tertiary/aromatic N) is 2. The molecule has 0 bridgehead atoms. The number of furan rings is 1. The van der Waals surface area contributed by atoms with E-state index in [0.29, 0.717) is 6.54 Å². The summed E-state index contributed by atoms with van der Waals surface area (Å²) >= 11 is 0.